The van der Waals surface area contributed by atoms with E-state index in [1.54, 1.807) is 6.33 Å². The molecule has 0 aliphatic heterocycles. The summed E-state index contributed by atoms with van der Waals surface area (Å²) in [6, 6.07) is 9.44. The lowest BCUT2D eigenvalue weighted by atomic mass is 10.2. The van der Waals surface area contributed by atoms with Crippen LogP contribution in [0.4, 0.5) is 17.3 Å². The fraction of sp³-hybridized carbons (Fsp3) is 0.333. The third kappa shape index (κ3) is 4.70. The molecule has 0 bridgehead atoms. The van der Waals surface area contributed by atoms with E-state index in [4.69, 9.17) is 11.6 Å². The lowest BCUT2D eigenvalue weighted by Gasteiger charge is -2.08. The zero-order valence-corrected chi connectivity index (χ0v) is 12.3. The molecule has 0 unspecified atom stereocenters. The number of anilines is 3. The largest absolute Gasteiger partial charge is 0.370 e. The molecular formula is C15H19ClN4. The molecule has 0 fully saturated rings. The van der Waals surface area contributed by atoms with Crippen LogP contribution in [0.1, 0.15) is 26.2 Å². The highest BCUT2D eigenvalue weighted by Crippen LogP contribution is 2.19. The van der Waals surface area contributed by atoms with Crippen molar-refractivity contribution >= 4 is 28.9 Å². The molecule has 106 valence electrons. The molecule has 1 heterocycles. The topological polar surface area (TPSA) is 49.8 Å². The van der Waals surface area contributed by atoms with E-state index in [9.17, 15) is 0 Å². The first kappa shape index (κ1) is 14.6. The highest BCUT2D eigenvalue weighted by atomic mass is 35.5. The van der Waals surface area contributed by atoms with Gasteiger partial charge in [0.05, 0.1) is 0 Å². The molecule has 2 rings (SSSR count). The van der Waals surface area contributed by atoms with Gasteiger partial charge in [0.2, 0.25) is 0 Å². The number of benzene rings is 1. The molecule has 20 heavy (non-hydrogen) atoms. The standard InChI is InChI=1S/C15H19ClN4/c1-2-3-4-8-17-14-10-15(19-11-18-14)20-13-7-5-6-12(16)9-13/h5-7,9-11H,2-4,8H2,1H3,(H2,17,18,19,20). The zero-order chi connectivity index (χ0) is 14.2. The minimum atomic E-state index is 0.696. The fourth-order valence-electron chi connectivity index (χ4n) is 1.83. The van der Waals surface area contributed by atoms with Crippen molar-refractivity contribution in [3.05, 3.63) is 41.7 Å². The number of hydrogen-bond acceptors (Lipinski definition) is 4. The molecule has 5 heteroatoms. The molecule has 0 aliphatic rings. The van der Waals surface area contributed by atoms with Gasteiger partial charge >= 0.3 is 0 Å². The van der Waals surface area contributed by atoms with Crippen LogP contribution >= 0.6 is 11.6 Å². The van der Waals surface area contributed by atoms with Gasteiger partial charge in [-0.2, -0.15) is 0 Å². The van der Waals surface area contributed by atoms with E-state index in [0.717, 1.165) is 30.3 Å². The van der Waals surface area contributed by atoms with Crippen LogP contribution in [0.3, 0.4) is 0 Å². The predicted molar refractivity (Wildman–Crippen MR) is 84.8 cm³/mol. The molecule has 4 nitrogen and oxygen atoms in total. The molecule has 0 atom stereocenters. The summed E-state index contributed by atoms with van der Waals surface area (Å²) in [6.07, 6.45) is 5.14. The van der Waals surface area contributed by atoms with Gasteiger partial charge in [0.15, 0.2) is 0 Å². The van der Waals surface area contributed by atoms with Crippen molar-refractivity contribution < 1.29 is 0 Å². The van der Waals surface area contributed by atoms with E-state index in [1.807, 2.05) is 30.3 Å². The van der Waals surface area contributed by atoms with Gasteiger partial charge in [-0.25, -0.2) is 9.97 Å². The summed E-state index contributed by atoms with van der Waals surface area (Å²) in [7, 11) is 0. The SMILES string of the molecule is CCCCCNc1cc(Nc2cccc(Cl)c2)ncn1. The first-order valence-electron chi connectivity index (χ1n) is 6.86. The molecule has 0 saturated carbocycles. The van der Waals surface area contributed by atoms with Gasteiger partial charge in [-0.3, -0.25) is 0 Å². The second-order valence-corrected chi connectivity index (χ2v) is 4.99. The smallest absolute Gasteiger partial charge is 0.135 e. The Bertz CT molecular complexity index is 545. The maximum atomic E-state index is 5.96. The van der Waals surface area contributed by atoms with Crippen molar-refractivity contribution in [3.8, 4) is 0 Å². The van der Waals surface area contributed by atoms with Crippen LogP contribution in [0.25, 0.3) is 0 Å². The number of rotatable bonds is 7. The summed E-state index contributed by atoms with van der Waals surface area (Å²) >= 11 is 5.96. The number of aromatic nitrogens is 2. The summed E-state index contributed by atoms with van der Waals surface area (Å²) in [5, 5.41) is 7.21. The van der Waals surface area contributed by atoms with Gasteiger partial charge in [0, 0.05) is 23.3 Å². The number of nitrogens with one attached hydrogen (secondary N) is 2. The molecule has 1 aromatic carbocycles. The minimum absolute atomic E-state index is 0.696. The van der Waals surface area contributed by atoms with Gasteiger partial charge in [0.25, 0.3) is 0 Å². The van der Waals surface area contributed by atoms with Gasteiger partial charge in [-0.1, -0.05) is 37.4 Å². The molecule has 0 radical (unpaired) electrons. The Kier molecular flexibility index (Phi) is 5.62. The summed E-state index contributed by atoms with van der Waals surface area (Å²) in [5.74, 6) is 1.58. The van der Waals surface area contributed by atoms with E-state index in [-0.39, 0.29) is 0 Å². The van der Waals surface area contributed by atoms with Crippen LogP contribution in [0.15, 0.2) is 36.7 Å². The molecular weight excluding hydrogens is 272 g/mol. The van der Waals surface area contributed by atoms with Crippen LogP contribution in [0.2, 0.25) is 5.02 Å². The van der Waals surface area contributed by atoms with Gasteiger partial charge in [0.1, 0.15) is 18.0 Å². The van der Waals surface area contributed by atoms with E-state index < -0.39 is 0 Å². The molecule has 0 spiro atoms. The van der Waals surface area contributed by atoms with E-state index >= 15 is 0 Å². The Morgan fingerprint density at radius 2 is 1.95 bits per heavy atom. The normalized spacial score (nSPS) is 10.3. The Hall–Kier alpha value is -1.81. The molecule has 2 N–H and O–H groups in total. The highest BCUT2D eigenvalue weighted by Gasteiger charge is 2.00. The molecule has 1 aromatic heterocycles. The fourth-order valence-corrected chi connectivity index (χ4v) is 2.02. The third-order valence-corrected chi connectivity index (χ3v) is 3.09. The van der Waals surface area contributed by atoms with Crippen LogP contribution in [-0.4, -0.2) is 16.5 Å². The zero-order valence-electron chi connectivity index (χ0n) is 11.6. The quantitative estimate of drug-likeness (QED) is 0.738. The van der Waals surface area contributed by atoms with Crippen molar-refractivity contribution in [2.24, 2.45) is 0 Å². The van der Waals surface area contributed by atoms with Crippen molar-refractivity contribution in [1.82, 2.24) is 9.97 Å². The van der Waals surface area contributed by atoms with Gasteiger partial charge in [-0.15, -0.1) is 0 Å². The van der Waals surface area contributed by atoms with Crippen molar-refractivity contribution in [3.63, 3.8) is 0 Å². The number of halogens is 1. The Balaban J connectivity index is 1.95. The number of unbranched alkanes of at least 4 members (excludes halogenated alkanes) is 2. The maximum Gasteiger partial charge on any atom is 0.135 e. The highest BCUT2D eigenvalue weighted by molar-refractivity contribution is 6.30. The average Bonchev–Trinajstić information content (AvgIpc) is 2.44. The van der Waals surface area contributed by atoms with Gasteiger partial charge < -0.3 is 10.6 Å². The maximum absolute atomic E-state index is 5.96. The predicted octanol–water partition coefficient (Wildman–Crippen LogP) is 4.48. The lowest BCUT2D eigenvalue weighted by molar-refractivity contribution is 0.742. The first-order chi connectivity index (χ1) is 9.78. The second kappa shape index (κ2) is 7.70. The van der Waals surface area contributed by atoms with Crippen molar-refractivity contribution in [1.29, 1.82) is 0 Å². The number of hydrogen-bond donors (Lipinski definition) is 2. The Labute approximate surface area is 124 Å². The molecule has 2 aromatic rings. The second-order valence-electron chi connectivity index (χ2n) is 4.56. The van der Waals surface area contributed by atoms with E-state index in [1.165, 1.54) is 12.8 Å². The molecule has 0 amide bonds. The van der Waals surface area contributed by atoms with Crippen LogP contribution in [-0.2, 0) is 0 Å². The Morgan fingerprint density at radius 1 is 1.10 bits per heavy atom. The monoisotopic (exact) mass is 290 g/mol. The van der Waals surface area contributed by atoms with E-state index in [0.29, 0.717) is 5.02 Å². The van der Waals surface area contributed by atoms with Gasteiger partial charge in [-0.05, 0) is 24.6 Å². The summed E-state index contributed by atoms with van der Waals surface area (Å²) in [5.41, 5.74) is 0.910. The van der Waals surface area contributed by atoms with Crippen molar-refractivity contribution in [2.45, 2.75) is 26.2 Å². The minimum Gasteiger partial charge on any atom is -0.370 e. The average molecular weight is 291 g/mol. The molecule has 0 saturated heterocycles. The third-order valence-electron chi connectivity index (χ3n) is 2.85. The van der Waals surface area contributed by atoms with Crippen LogP contribution in [0, 0.1) is 0 Å². The lowest BCUT2D eigenvalue weighted by Crippen LogP contribution is -2.04. The van der Waals surface area contributed by atoms with Crippen LogP contribution < -0.4 is 10.6 Å². The Morgan fingerprint density at radius 3 is 2.75 bits per heavy atom. The summed E-state index contributed by atoms with van der Waals surface area (Å²) in [4.78, 5) is 8.41. The van der Waals surface area contributed by atoms with Crippen molar-refractivity contribution in [2.75, 3.05) is 17.2 Å². The summed E-state index contributed by atoms with van der Waals surface area (Å²) < 4.78 is 0. The summed E-state index contributed by atoms with van der Waals surface area (Å²) in [6.45, 7) is 3.12. The van der Waals surface area contributed by atoms with Crippen LogP contribution in [0.5, 0.6) is 0 Å². The van der Waals surface area contributed by atoms with E-state index in [2.05, 4.69) is 27.5 Å². The first-order valence-corrected chi connectivity index (χ1v) is 7.24. The number of nitrogens with zero attached hydrogens (tertiary/aromatic N) is 2. The molecule has 0 aliphatic carbocycles.